The van der Waals surface area contributed by atoms with Crippen molar-refractivity contribution in [2.24, 2.45) is 0 Å². The molecular formula is C21H21FN2O2. The van der Waals surface area contributed by atoms with Gasteiger partial charge in [-0.2, -0.15) is 5.10 Å². The Morgan fingerprint density at radius 2 is 1.92 bits per heavy atom. The summed E-state index contributed by atoms with van der Waals surface area (Å²) >= 11 is 0. The molecule has 4 nitrogen and oxygen atoms in total. The van der Waals surface area contributed by atoms with Crippen LogP contribution in [0.1, 0.15) is 23.7 Å². The van der Waals surface area contributed by atoms with Crippen molar-refractivity contribution in [3.05, 3.63) is 81.5 Å². The molecular weight excluding hydrogens is 331 g/mol. The first kappa shape index (κ1) is 17.9. The molecule has 1 heterocycles. The van der Waals surface area contributed by atoms with Gasteiger partial charge in [0.25, 0.3) is 5.56 Å². The molecule has 0 unspecified atom stereocenters. The molecule has 3 aromatic rings. The van der Waals surface area contributed by atoms with E-state index in [2.05, 4.69) is 10.2 Å². The second-order valence-electron chi connectivity index (χ2n) is 6.04. The summed E-state index contributed by atoms with van der Waals surface area (Å²) in [5.74, 6) is 0.423. The Hall–Kier alpha value is -2.95. The molecule has 0 atom stereocenters. The first-order chi connectivity index (χ1) is 12.6. The molecule has 5 heteroatoms. The maximum Gasteiger partial charge on any atom is 0.268 e. The number of halogens is 1. The normalized spacial score (nSPS) is 10.7. The Kier molecular flexibility index (Phi) is 5.46. The van der Waals surface area contributed by atoms with E-state index in [9.17, 15) is 9.18 Å². The van der Waals surface area contributed by atoms with E-state index in [0.29, 0.717) is 30.6 Å². The predicted octanol–water partition coefficient (Wildman–Crippen LogP) is 3.93. The molecule has 0 saturated carbocycles. The van der Waals surface area contributed by atoms with Crippen molar-refractivity contribution in [3.63, 3.8) is 0 Å². The number of aromatic amines is 1. The first-order valence-corrected chi connectivity index (χ1v) is 8.62. The van der Waals surface area contributed by atoms with Crippen molar-refractivity contribution in [3.8, 4) is 16.9 Å². The molecule has 0 fully saturated rings. The number of H-pyrrole nitrogens is 1. The highest BCUT2D eigenvalue weighted by Gasteiger charge is 2.18. The molecule has 0 bridgehead atoms. The van der Waals surface area contributed by atoms with Gasteiger partial charge in [-0.3, -0.25) is 4.79 Å². The van der Waals surface area contributed by atoms with E-state index in [1.165, 1.54) is 12.1 Å². The SMILES string of the molecule is CCc1n[nH]c(=O)c(CCc2cccc(F)c2)c1-c1ccccc1OC. The third-order valence-electron chi connectivity index (χ3n) is 4.42. The zero-order valence-corrected chi connectivity index (χ0v) is 14.9. The van der Waals surface area contributed by atoms with Crippen LogP contribution in [0.3, 0.4) is 0 Å². The van der Waals surface area contributed by atoms with E-state index in [1.54, 1.807) is 13.2 Å². The highest BCUT2D eigenvalue weighted by atomic mass is 19.1. The lowest BCUT2D eigenvalue weighted by Gasteiger charge is -2.15. The van der Waals surface area contributed by atoms with E-state index in [1.807, 2.05) is 37.3 Å². The number of hydrogen-bond acceptors (Lipinski definition) is 3. The van der Waals surface area contributed by atoms with Gasteiger partial charge in [0.1, 0.15) is 11.6 Å². The Bertz CT molecular complexity index is 966. The summed E-state index contributed by atoms with van der Waals surface area (Å²) in [5, 5.41) is 6.82. The standard InChI is InChI=1S/C21H21FN2O2/c1-3-18-20(16-9-4-5-10-19(16)26-2)17(21(25)24-23-18)12-11-14-7-6-8-15(22)13-14/h4-10,13H,3,11-12H2,1-2H3,(H,24,25). The molecule has 0 radical (unpaired) electrons. The Morgan fingerprint density at radius 1 is 1.12 bits per heavy atom. The second kappa shape index (κ2) is 7.95. The molecule has 134 valence electrons. The molecule has 2 aromatic carbocycles. The Morgan fingerprint density at radius 3 is 2.65 bits per heavy atom. The summed E-state index contributed by atoms with van der Waals surface area (Å²) in [5.41, 5.74) is 3.74. The number of aryl methyl sites for hydroxylation is 2. The summed E-state index contributed by atoms with van der Waals surface area (Å²) in [6.07, 6.45) is 1.73. The lowest BCUT2D eigenvalue weighted by molar-refractivity contribution is 0.416. The largest absolute Gasteiger partial charge is 0.496 e. The van der Waals surface area contributed by atoms with Crippen molar-refractivity contribution in [2.45, 2.75) is 26.2 Å². The van der Waals surface area contributed by atoms with Gasteiger partial charge < -0.3 is 4.74 Å². The average molecular weight is 352 g/mol. The molecule has 0 spiro atoms. The van der Waals surface area contributed by atoms with Crippen LogP contribution in [0.5, 0.6) is 5.75 Å². The maximum absolute atomic E-state index is 13.4. The molecule has 0 aliphatic carbocycles. The molecule has 3 rings (SSSR count). The van der Waals surface area contributed by atoms with Gasteiger partial charge in [0, 0.05) is 16.7 Å². The monoisotopic (exact) mass is 352 g/mol. The molecule has 0 amide bonds. The highest BCUT2D eigenvalue weighted by Crippen LogP contribution is 2.33. The fourth-order valence-electron chi connectivity index (χ4n) is 3.15. The third kappa shape index (κ3) is 3.67. The van der Waals surface area contributed by atoms with Gasteiger partial charge >= 0.3 is 0 Å². The van der Waals surface area contributed by atoms with Gasteiger partial charge in [0.2, 0.25) is 0 Å². The van der Waals surface area contributed by atoms with E-state index in [-0.39, 0.29) is 11.4 Å². The number of para-hydroxylation sites is 1. The molecule has 1 aromatic heterocycles. The fourth-order valence-corrected chi connectivity index (χ4v) is 3.15. The summed E-state index contributed by atoms with van der Waals surface area (Å²) < 4.78 is 18.9. The lowest BCUT2D eigenvalue weighted by atomic mass is 9.93. The minimum Gasteiger partial charge on any atom is -0.496 e. The fraction of sp³-hybridized carbons (Fsp3) is 0.238. The van der Waals surface area contributed by atoms with E-state index in [4.69, 9.17) is 4.74 Å². The molecule has 0 aliphatic heterocycles. The van der Waals surface area contributed by atoms with Gasteiger partial charge in [-0.15, -0.1) is 0 Å². The third-order valence-corrected chi connectivity index (χ3v) is 4.42. The number of nitrogens with zero attached hydrogens (tertiary/aromatic N) is 1. The summed E-state index contributed by atoms with van der Waals surface area (Å²) in [6, 6.07) is 14.1. The van der Waals surface area contributed by atoms with Crippen LogP contribution in [-0.2, 0) is 19.3 Å². The summed E-state index contributed by atoms with van der Waals surface area (Å²) in [6.45, 7) is 2.00. The number of aromatic nitrogens is 2. The van der Waals surface area contributed by atoms with Crippen LogP contribution in [0.2, 0.25) is 0 Å². The minimum absolute atomic E-state index is 0.223. The number of nitrogens with one attached hydrogen (secondary N) is 1. The van der Waals surface area contributed by atoms with Crippen molar-refractivity contribution in [1.29, 1.82) is 0 Å². The van der Waals surface area contributed by atoms with Crippen molar-refractivity contribution in [2.75, 3.05) is 7.11 Å². The highest BCUT2D eigenvalue weighted by molar-refractivity contribution is 5.75. The quantitative estimate of drug-likeness (QED) is 0.731. The number of benzene rings is 2. The summed E-state index contributed by atoms with van der Waals surface area (Å²) in [4.78, 5) is 12.5. The topological polar surface area (TPSA) is 55.0 Å². The number of ether oxygens (including phenoxy) is 1. The van der Waals surface area contributed by atoms with Gasteiger partial charge in [-0.05, 0) is 43.0 Å². The maximum atomic E-state index is 13.4. The van der Waals surface area contributed by atoms with Crippen LogP contribution in [0, 0.1) is 5.82 Å². The zero-order valence-electron chi connectivity index (χ0n) is 14.9. The van der Waals surface area contributed by atoms with Crippen molar-refractivity contribution >= 4 is 0 Å². The average Bonchev–Trinajstić information content (AvgIpc) is 2.66. The van der Waals surface area contributed by atoms with E-state index >= 15 is 0 Å². The first-order valence-electron chi connectivity index (χ1n) is 8.62. The van der Waals surface area contributed by atoms with Crippen LogP contribution in [0.15, 0.2) is 53.3 Å². The molecule has 1 N–H and O–H groups in total. The Balaban J connectivity index is 2.08. The Labute approximate surface area is 151 Å². The number of methoxy groups -OCH3 is 1. The molecule has 0 aliphatic rings. The minimum atomic E-state index is -0.273. The van der Waals surface area contributed by atoms with Crippen molar-refractivity contribution in [1.82, 2.24) is 10.2 Å². The van der Waals surface area contributed by atoms with Gasteiger partial charge in [-0.1, -0.05) is 37.3 Å². The van der Waals surface area contributed by atoms with Crippen LogP contribution in [0.4, 0.5) is 4.39 Å². The zero-order chi connectivity index (χ0) is 18.5. The lowest BCUT2D eigenvalue weighted by Crippen LogP contribution is -2.19. The van der Waals surface area contributed by atoms with Crippen LogP contribution < -0.4 is 10.3 Å². The van der Waals surface area contributed by atoms with Crippen LogP contribution >= 0.6 is 0 Å². The van der Waals surface area contributed by atoms with Gasteiger partial charge in [0.15, 0.2) is 0 Å². The van der Waals surface area contributed by atoms with Gasteiger partial charge in [0.05, 0.1) is 12.8 Å². The predicted molar refractivity (Wildman–Crippen MR) is 100 cm³/mol. The second-order valence-corrected chi connectivity index (χ2v) is 6.04. The molecule has 26 heavy (non-hydrogen) atoms. The van der Waals surface area contributed by atoms with Gasteiger partial charge in [-0.25, -0.2) is 9.49 Å². The number of rotatable bonds is 6. The van der Waals surface area contributed by atoms with Crippen LogP contribution in [-0.4, -0.2) is 17.3 Å². The smallest absolute Gasteiger partial charge is 0.268 e. The van der Waals surface area contributed by atoms with Crippen molar-refractivity contribution < 1.29 is 9.13 Å². The summed E-state index contributed by atoms with van der Waals surface area (Å²) in [7, 11) is 1.61. The number of hydrogen-bond donors (Lipinski definition) is 1. The van der Waals surface area contributed by atoms with E-state index in [0.717, 1.165) is 22.4 Å². The van der Waals surface area contributed by atoms with E-state index < -0.39 is 0 Å². The van der Waals surface area contributed by atoms with Crippen LogP contribution in [0.25, 0.3) is 11.1 Å². The molecule has 0 saturated heterocycles.